The normalized spacial score (nSPS) is 13.0. The Morgan fingerprint density at radius 2 is 2.36 bits per heavy atom. The maximum Gasteiger partial charge on any atom is 0.252 e. The molecule has 0 aromatic carbocycles. The van der Waals surface area contributed by atoms with Crippen LogP contribution in [-0.4, -0.2) is 4.98 Å². The first-order valence-electron chi connectivity index (χ1n) is 3.25. The van der Waals surface area contributed by atoms with Crippen LogP contribution in [0.4, 0.5) is 0 Å². The summed E-state index contributed by atoms with van der Waals surface area (Å²) in [5.41, 5.74) is 5.84. The summed E-state index contributed by atoms with van der Waals surface area (Å²) >= 11 is 5.64. The molecule has 3 nitrogen and oxygen atoms in total. The Labute approximate surface area is 69.2 Å². The summed E-state index contributed by atoms with van der Waals surface area (Å²) < 4.78 is 0. The summed E-state index contributed by atoms with van der Waals surface area (Å²) in [6.45, 7) is 1.74. The van der Waals surface area contributed by atoms with Crippen LogP contribution in [0.25, 0.3) is 0 Å². The van der Waals surface area contributed by atoms with Crippen molar-refractivity contribution in [2.45, 2.75) is 13.0 Å². The fourth-order valence-electron chi connectivity index (χ4n) is 0.812. The lowest BCUT2D eigenvalue weighted by Gasteiger charge is -2.02. The van der Waals surface area contributed by atoms with Crippen molar-refractivity contribution in [1.29, 1.82) is 0 Å². The van der Waals surface area contributed by atoms with E-state index in [1.807, 2.05) is 0 Å². The van der Waals surface area contributed by atoms with E-state index in [4.69, 9.17) is 17.3 Å². The SMILES string of the molecule is CC(N)c1cc(Cl)c[nH]c1=O. The van der Waals surface area contributed by atoms with Gasteiger partial charge in [0.15, 0.2) is 0 Å². The highest BCUT2D eigenvalue weighted by molar-refractivity contribution is 6.30. The van der Waals surface area contributed by atoms with Crippen molar-refractivity contribution in [3.63, 3.8) is 0 Å². The van der Waals surface area contributed by atoms with E-state index >= 15 is 0 Å². The van der Waals surface area contributed by atoms with Crippen LogP contribution in [0.3, 0.4) is 0 Å². The number of hydrogen-bond acceptors (Lipinski definition) is 2. The molecule has 1 aromatic rings. The Morgan fingerprint density at radius 3 is 2.82 bits per heavy atom. The minimum Gasteiger partial charge on any atom is -0.327 e. The number of rotatable bonds is 1. The summed E-state index contributed by atoms with van der Waals surface area (Å²) in [7, 11) is 0. The average Bonchev–Trinajstić information content (AvgIpc) is 1.94. The van der Waals surface area contributed by atoms with Crippen LogP contribution in [0, 0.1) is 0 Å². The molecule has 0 aliphatic carbocycles. The molecule has 1 atom stereocenters. The van der Waals surface area contributed by atoms with Gasteiger partial charge in [0, 0.05) is 17.8 Å². The van der Waals surface area contributed by atoms with Gasteiger partial charge < -0.3 is 10.7 Å². The number of H-pyrrole nitrogens is 1. The van der Waals surface area contributed by atoms with Crippen molar-refractivity contribution in [3.8, 4) is 0 Å². The molecule has 1 rings (SSSR count). The van der Waals surface area contributed by atoms with Gasteiger partial charge in [0.2, 0.25) is 0 Å². The summed E-state index contributed by atoms with van der Waals surface area (Å²) in [5.74, 6) is 0. The van der Waals surface area contributed by atoms with E-state index in [-0.39, 0.29) is 11.6 Å². The summed E-state index contributed by atoms with van der Waals surface area (Å²) in [5, 5.41) is 0.497. The van der Waals surface area contributed by atoms with E-state index in [1.54, 1.807) is 13.0 Å². The Bertz CT molecular complexity index is 306. The quantitative estimate of drug-likeness (QED) is 0.665. The van der Waals surface area contributed by atoms with Crippen molar-refractivity contribution in [3.05, 3.63) is 33.2 Å². The minimum absolute atomic E-state index is 0.176. The second-order valence-electron chi connectivity index (χ2n) is 2.39. The Hall–Kier alpha value is -0.800. The van der Waals surface area contributed by atoms with Crippen molar-refractivity contribution in [2.24, 2.45) is 5.73 Å². The van der Waals surface area contributed by atoms with Crippen LogP contribution in [0.2, 0.25) is 5.02 Å². The van der Waals surface area contributed by atoms with Gasteiger partial charge in [-0.25, -0.2) is 0 Å². The zero-order valence-corrected chi connectivity index (χ0v) is 6.85. The smallest absolute Gasteiger partial charge is 0.252 e. The van der Waals surface area contributed by atoms with Crippen LogP contribution < -0.4 is 11.3 Å². The molecule has 0 amide bonds. The van der Waals surface area contributed by atoms with Gasteiger partial charge in [-0.2, -0.15) is 0 Å². The Kier molecular flexibility index (Phi) is 2.31. The van der Waals surface area contributed by atoms with Crippen LogP contribution in [0.15, 0.2) is 17.1 Å². The van der Waals surface area contributed by atoms with Crippen molar-refractivity contribution in [2.75, 3.05) is 0 Å². The fourth-order valence-corrected chi connectivity index (χ4v) is 0.984. The molecule has 0 radical (unpaired) electrons. The molecule has 0 fully saturated rings. The molecule has 0 saturated carbocycles. The molecule has 1 heterocycles. The number of halogens is 1. The number of aromatic amines is 1. The molecule has 11 heavy (non-hydrogen) atoms. The van der Waals surface area contributed by atoms with Crippen LogP contribution in [-0.2, 0) is 0 Å². The monoisotopic (exact) mass is 172 g/mol. The van der Waals surface area contributed by atoms with Gasteiger partial charge in [-0.05, 0) is 13.0 Å². The predicted molar refractivity (Wildman–Crippen MR) is 44.7 cm³/mol. The first kappa shape index (κ1) is 8.30. The summed E-state index contributed by atoms with van der Waals surface area (Å²) in [4.78, 5) is 13.5. The third-order valence-corrected chi connectivity index (χ3v) is 1.61. The second-order valence-corrected chi connectivity index (χ2v) is 2.83. The standard InChI is InChI=1S/C7H9ClN2O/c1-4(9)6-2-5(8)3-10-7(6)11/h2-4H,9H2,1H3,(H,10,11). The van der Waals surface area contributed by atoms with Crippen molar-refractivity contribution in [1.82, 2.24) is 4.98 Å². The van der Waals surface area contributed by atoms with Crippen LogP contribution >= 0.6 is 11.6 Å². The lowest BCUT2D eigenvalue weighted by atomic mass is 10.1. The van der Waals surface area contributed by atoms with Crippen molar-refractivity contribution < 1.29 is 0 Å². The Balaban J connectivity index is 3.24. The van der Waals surface area contributed by atoms with E-state index in [0.29, 0.717) is 10.6 Å². The van der Waals surface area contributed by atoms with Gasteiger partial charge >= 0.3 is 0 Å². The van der Waals surface area contributed by atoms with Gasteiger partial charge in [0.05, 0.1) is 5.02 Å². The highest BCUT2D eigenvalue weighted by atomic mass is 35.5. The van der Waals surface area contributed by atoms with Gasteiger partial charge in [-0.1, -0.05) is 11.6 Å². The van der Waals surface area contributed by atoms with Crippen molar-refractivity contribution >= 4 is 11.6 Å². The number of pyridine rings is 1. The highest BCUT2D eigenvalue weighted by Gasteiger charge is 2.04. The predicted octanol–water partition coefficient (Wildman–Crippen LogP) is 1.05. The largest absolute Gasteiger partial charge is 0.327 e. The third-order valence-electron chi connectivity index (χ3n) is 1.39. The number of nitrogens with two attached hydrogens (primary N) is 1. The van der Waals surface area contributed by atoms with Crippen LogP contribution in [0.5, 0.6) is 0 Å². The lowest BCUT2D eigenvalue weighted by Crippen LogP contribution is -2.18. The molecular weight excluding hydrogens is 164 g/mol. The topological polar surface area (TPSA) is 58.9 Å². The maximum absolute atomic E-state index is 11.0. The first-order chi connectivity index (χ1) is 5.11. The van der Waals surface area contributed by atoms with Crippen LogP contribution in [0.1, 0.15) is 18.5 Å². The molecule has 0 bridgehead atoms. The fraction of sp³-hybridized carbons (Fsp3) is 0.286. The second kappa shape index (κ2) is 3.07. The summed E-state index contributed by atoms with van der Waals surface area (Å²) in [6, 6.07) is 1.29. The molecule has 3 N–H and O–H groups in total. The third kappa shape index (κ3) is 1.82. The maximum atomic E-state index is 11.0. The molecule has 0 aliphatic heterocycles. The molecular formula is C7H9ClN2O. The molecule has 4 heteroatoms. The highest BCUT2D eigenvalue weighted by Crippen LogP contribution is 2.09. The molecule has 1 aromatic heterocycles. The van der Waals surface area contributed by atoms with E-state index in [2.05, 4.69) is 4.98 Å². The zero-order valence-electron chi connectivity index (χ0n) is 6.10. The summed E-state index contributed by atoms with van der Waals surface area (Å²) in [6.07, 6.45) is 1.44. The zero-order chi connectivity index (χ0) is 8.43. The van der Waals surface area contributed by atoms with E-state index < -0.39 is 0 Å². The number of aromatic nitrogens is 1. The number of nitrogens with one attached hydrogen (secondary N) is 1. The Morgan fingerprint density at radius 1 is 1.73 bits per heavy atom. The number of hydrogen-bond donors (Lipinski definition) is 2. The van der Waals surface area contributed by atoms with E-state index in [1.165, 1.54) is 6.20 Å². The molecule has 60 valence electrons. The minimum atomic E-state index is -0.280. The van der Waals surface area contributed by atoms with Gasteiger partial charge in [-0.15, -0.1) is 0 Å². The average molecular weight is 173 g/mol. The molecule has 0 saturated heterocycles. The molecule has 0 spiro atoms. The van der Waals surface area contributed by atoms with Gasteiger partial charge in [0.1, 0.15) is 0 Å². The molecule has 0 aliphatic rings. The van der Waals surface area contributed by atoms with Gasteiger partial charge in [-0.3, -0.25) is 4.79 Å². The first-order valence-corrected chi connectivity index (χ1v) is 3.63. The van der Waals surface area contributed by atoms with E-state index in [9.17, 15) is 4.79 Å². The van der Waals surface area contributed by atoms with Gasteiger partial charge in [0.25, 0.3) is 5.56 Å². The van der Waals surface area contributed by atoms with E-state index in [0.717, 1.165) is 0 Å². The lowest BCUT2D eigenvalue weighted by molar-refractivity contribution is 0.800. The molecule has 1 unspecified atom stereocenters.